The normalized spacial score (nSPS) is 19.8. The van der Waals surface area contributed by atoms with Crippen LogP contribution < -0.4 is 5.32 Å². The van der Waals surface area contributed by atoms with Gasteiger partial charge in [0.15, 0.2) is 0 Å². The van der Waals surface area contributed by atoms with Crippen LogP contribution in [0.5, 0.6) is 0 Å². The number of piperidine rings is 1. The fourth-order valence-electron chi connectivity index (χ4n) is 4.55. The number of benzene rings is 1. The lowest BCUT2D eigenvalue weighted by molar-refractivity contribution is -0.128. The van der Waals surface area contributed by atoms with Crippen molar-refractivity contribution in [1.82, 2.24) is 15.1 Å². The highest BCUT2D eigenvalue weighted by Gasteiger charge is 2.54. The SMILES string of the molecule is Cc1ccccc1C(=O)N1C(C(=O)NCC(C)C)COC12CCN(C(=O)c1cccs1)CC2. The lowest BCUT2D eigenvalue weighted by atomic mass is 9.95. The first-order chi connectivity index (χ1) is 15.8. The molecule has 1 atom stereocenters. The molecular weight excluding hydrogens is 438 g/mol. The highest BCUT2D eigenvalue weighted by molar-refractivity contribution is 7.12. The average molecular weight is 470 g/mol. The van der Waals surface area contributed by atoms with Crippen LogP contribution in [-0.4, -0.2) is 65.5 Å². The molecule has 2 aliphatic heterocycles. The van der Waals surface area contributed by atoms with Crippen LogP contribution in [0.25, 0.3) is 0 Å². The molecule has 2 saturated heterocycles. The van der Waals surface area contributed by atoms with Crippen molar-refractivity contribution in [3.63, 3.8) is 0 Å². The largest absolute Gasteiger partial charge is 0.354 e. The van der Waals surface area contributed by atoms with Crippen LogP contribution in [-0.2, 0) is 9.53 Å². The average Bonchev–Trinajstić information content (AvgIpc) is 3.46. The fourth-order valence-corrected chi connectivity index (χ4v) is 5.24. The van der Waals surface area contributed by atoms with E-state index in [1.54, 1.807) is 11.0 Å². The third-order valence-corrected chi connectivity index (χ3v) is 7.26. The maximum Gasteiger partial charge on any atom is 0.263 e. The molecule has 2 aromatic rings. The van der Waals surface area contributed by atoms with Gasteiger partial charge in [-0.25, -0.2) is 0 Å². The van der Waals surface area contributed by atoms with E-state index >= 15 is 0 Å². The van der Waals surface area contributed by atoms with E-state index in [4.69, 9.17) is 4.74 Å². The molecule has 1 aromatic heterocycles. The molecule has 176 valence electrons. The predicted molar refractivity (Wildman–Crippen MR) is 127 cm³/mol. The molecule has 0 saturated carbocycles. The lowest BCUT2D eigenvalue weighted by Gasteiger charge is -2.44. The molecule has 1 unspecified atom stereocenters. The van der Waals surface area contributed by atoms with E-state index in [9.17, 15) is 14.4 Å². The molecule has 1 aromatic carbocycles. The maximum absolute atomic E-state index is 13.8. The number of hydrogen-bond donors (Lipinski definition) is 1. The highest BCUT2D eigenvalue weighted by Crippen LogP contribution is 2.39. The Kier molecular flexibility index (Phi) is 6.86. The molecule has 0 radical (unpaired) electrons. The minimum absolute atomic E-state index is 0.000791. The Morgan fingerprint density at radius 1 is 1.12 bits per heavy atom. The summed E-state index contributed by atoms with van der Waals surface area (Å²) in [5, 5.41) is 4.86. The number of nitrogens with zero attached hydrogens (tertiary/aromatic N) is 2. The Bertz CT molecular complexity index is 1010. The summed E-state index contributed by atoms with van der Waals surface area (Å²) in [6.45, 7) is 7.58. The van der Waals surface area contributed by atoms with Crippen LogP contribution in [0.3, 0.4) is 0 Å². The lowest BCUT2D eigenvalue weighted by Crippen LogP contribution is -2.60. The van der Waals surface area contributed by atoms with Gasteiger partial charge in [-0.3, -0.25) is 19.3 Å². The third-order valence-electron chi connectivity index (χ3n) is 6.41. The minimum Gasteiger partial charge on any atom is -0.354 e. The summed E-state index contributed by atoms with van der Waals surface area (Å²) >= 11 is 1.42. The number of nitrogens with one attached hydrogen (secondary N) is 1. The van der Waals surface area contributed by atoms with Gasteiger partial charge in [0, 0.05) is 38.0 Å². The number of rotatable bonds is 5. The zero-order valence-electron chi connectivity index (χ0n) is 19.4. The van der Waals surface area contributed by atoms with E-state index in [0.29, 0.717) is 48.8 Å². The van der Waals surface area contributed by atoms with Crippen LogP contribution in [0.15, 0.2) is 41.8 Å². The second-order valence-electron chi connectivity index (χ2n) is 9.17. The summed E-state index contributed by atoms with van der Waals surface area (Å²) < 4.78 is 6.24. The Morgan fingerprint density at radius 2 is 1.85 bits per heavy atom. The van der Waals surface area contributed by atoms with Gasteiger partial charge >= 0.3 is 0 Å². The first-order valence-corrected chi connectivity index (χ1v) is 12.3. The molecule has 1 spiro atoms. The Morgan fingerprint density at radius 3 is 2.48 bits per heavy atom. The molecule has 7 nitrogen and oxygen atoms in total. The summed E-state index contributed by atoms with van der Waals surface area (Å²) in [7, 11) is 0. The number of hydrogen-bond acceptors (Lipinski definition) is 5. The van der Waals surface area contributed by atoms with Gasteiger partial charge in [0.2, 0.25) is 5.91 Å². The van der Waals surface area contributed by atoms with Crippen molar-refractivity contribution in [2.45, 2.75) is 45.4 Å². The smallest absolute Gasteiger partial charge is 0.263 e. The number of likely N-dealkylation sites (tertiary alicyclic amines) is 1. The zero-order valence-corrected chi connectivity index (χ0v) is 20.2. The molecule has 4 rings (SSSR count). The van der Waals surface area contributed by atoms with Gasteiger partial charge in [0.25, 0.3) is 11.8 Å². The molecule has 2 aliphatic rings. The number of amides is 3. The van der Waals surface area contributed by atoms with Crippen LogP contribution in [0.1, 0.15) is 52.3 Å². The molecule has 2 fully saturated rings. The molecule has 33 heavy (non-hydrogen) atoms. The third kappa shape index (κ3) is 4.68. The molecule has 0 aliphatic carbocycles. The fraction of sp³-hybridized carbons (Fsp3) is 0.480. The molecule has 8 heteroatoms. The van der Waals surface area contributed by atoms with Gasteiger partial charge in [-0.1, -0.05) is 38.1 Å². The Hall–Kier alpha value is -2.71. The summed E-state index contributed by atoms with van der Waals surface area (Å²) in [5.74, 6) is -0.0916. The van der Waals surface area contributed by atoms with Gasteiger partial charge in [-0.2, -0.15) is 0 Å². The minimum atomic E-state index is -0.897. The van der Waals surface area contributed by atoms with E-state index in [0.717, 1.165) is 5.56 Å². The van der Waals surface area contributed by atoms with Crippen molar-refractivity contribution in [2.24, 2.45) is 5.92 Å². The second-order valence-corrected chi connectivity index (χ2v) is 10.1. The van der Waals surface area contributed by atoms with Crippen molar-refractivity contribution in [2.75, 3.05) is 26.2 Å². The summed E-state index contributed by atoms with van der Waals surface area (Å²) in [6.07, 6.45) is 0.936. The van der Waals surface area contributed by atoms with Gasteiger partial charge < -0.3 is 15.0 Å². The van der Waals surface area contributed by atoms with E-state index in [1.807, 2.05) is 61.4 Å². The van der Waals surface area contributed by atoms with Crippen molar-refractivity contribution in [1.29, 1.82) is 0 Å². The standard InChI is InChI=1S/C25H31N3O4S/c1-17(2)15-26-22(29)20-16-32-25(28(20)23(30)19-8-5-4-7-18(19)3)10-12-27(13-11-25)24(31)21-9-6-14-33-21/h4-9,14,17,20H,10-13,15-16H2,1-3H3,(H,26,29). The molecule has 0 bridgehead atoms. The Labute approximate surface area is 198 Å². The number of carbonyl (C=O) groups excluding carboxylic acids is 3. The van der Waals surface area contributed by atoms with E-state index < -0.39 is 11.8 Å². The molecule has 3 heterocycles. The van der Waals surface area contributed by atoms with Gasteiger partial charge in [-0.05, 0) is 35.9 Å². The van der Waals surface area contributed by atoms with Crippen molar-refractivity contribution < 1.29 is 19.1 Å². The monoisotopic (exact) mass is 469 g/mol. The molecular formula is C25H31N3O4S. The second kappa shape index (κ2) is 9.65. The van der Waals surface area contributed by atoms with E-state index in [2.05, 4.69) is 5.32 Å². The van der Waals surface area contributed by atoms with Gasteiger partial charge in [0.05, 0.1) is 11.5 Å². The Balaban J connectivity index is 1.58. The van der Waals surface area contributed by atoms with Crippen molar-refractivity contribution in [3.8, 4) is 0 Å². The van der Waals surface area contributed by atoms with Crippen molar-refractivity contribution in [3.05, 3.63) is 57.8 Å². The molecule has 3 amide bonds. The number of carbonyl (C=O) groups is 3. The highest BCUT2D eigenvalue weighted by atomic mass is 32.1. The summed E-state index contributed by atoms with van der Waals surface area (Å²) in [5.41, 5.74) is 0.531. The van der Waals surface area contributed by atoms with Crippen LogP contribution in [0.2, 0.25) is 0 Å². The summed E-state index contributed by atoms with van der Waals surface area (Å²) in [4.78, 5) is 43.9. The van der Waals surface area contributed by atoms with Gasteiger partial charge in [-0.15, -0.1) is 11.3 Å². The zero-order chi connectivity index (χ0) is 23.6. The van der Waals surface area contributed by atoms with Crippen LogP contribution in [0.4, 0.5) is 0 Å². The maximum atomic E-state index is 13.8. The quantitative estimate of drug-likeness (QED) is 0.729. The van der Waals surface area contributed by atoms with Crippen molar-refractivity contribution >= 4 is 29.1 Å². The van der Waals surface area contributed by atoms with E-state index in [-0.39, 0.29) is 24.3 Å². The van der Waals surface area contributed by atoms with Crippen LogP contribution in [0, 0.1) is 12.8 Å². The number of aryl methyl sites for hydroxylation is 1. The van der Waals surface area contributed by atoms with Crippen LogP contribution >= 0.6 is 11.3 Å². The summed E-state index contributed by atoms with van der Waals surface area (Å²) in [6, 6.07) is 10.4. The number of ether oxygens (including phenoxy) is 1. The topological polar surface area (TPSA) is 79.0 Å². The molecule has 1 N–H and O–H groups in total. The number of thiophene rings is 1. The first-order valence-electron chi connectivity index (χ1n) is 11.5. The van der Waals surface area contributed by atoms with E-state index in [1.165, 1.54) is 11.3 Å². The predicted octanol–water partition coefficient (Wildman–Crippen LogP) is 3.30. The van der Waals surface area contributed by atoms with Gasteiger partial charge in [0.1, 0.15) is 11.8 Å². The first kappa shape index (κ1) is 23.4.